The van der Waals surface area contributed by atoms with Gasteiger partial charge in [-0.15, -0.1) is 0 Å². The zero-order valence-electron chi connectivity index (χ0n) is 9.17. The predicted octanol–water partition coefficient (Wildman–Crippen LogP) is 0.512. The molecule has 0 fully saturated rings. The summed E-state index contributed by atoms with van der Waals surface area (Å²) in [7, 11) is -4.42. The highest BCUT2D eigenvalue weighted by atomic mass is 31.2. The predicted molar refractivity (Wildman–Crippen MR) is 61.5 cm³/mol. The SMILES string of the molecule is O=[N+]([O-])c1ccc(OCC(CO)P(=O)(O)O)cc1. The molecule has 0 saturated heterocycles. The van der Waals surface area contributed by atoms with Crippen LogP contribution in [-0.4, -0.2) is 38.7 Å². The summed E-state index contributed by atoms with van der Waals surface area (Å²) in [4.78, 5) is 27.5. The number of non-ortho nitro benzene ring substituents is 1. The summed E-state index contributed by atoms with van der Waals surface area (Å²) in [5.41, 5.74) is -1.43. The minimum Gasteiger partial charge on any atom is -0.493 e. The average molecular weight is 277 g/mol. The number of hydrogen-bond acceptors (Lipinski definition) is 5. The molecule has 0 radical (unpaired) electrons. The molecule has 8 nitrogen and oxygen atoms in total. The molecule has 1 unspecified atom stereocenters. The highest BCUT2D eigenvalue weighted by Crippen LogP contribution is 2.40. The van der Waals surface area contributed by atoms with E-state index < -0.39 is 24.8 Å². The minimum absolute atomic E-state index is 0.115. The number of hydrogen-bond donors (Lipinski definition) is 3. The molecule has 0 aliphatic heterocycles. The van der Waals surface area contributed by atoms with Crippen LogP contribution in [-0.2, 0) is 4.57 Å². The van der Waals surface area contributed by atoms with Crippen molar-refractivity contribution in [2.24, 2.45) is 0 Å². The van der Waals surface area contributed by atoms with Crippen molar-refractivity contribution >= 4 is 13.3 Å². The molecule has 0 spiro atoms. The molecule has 1 atom stereocenters. The zero-order chi connectivity index (χ0) is 13.8. The molecule has 0 heterocycles. The first kappa shape index (κ1) is 14.6. The van der Waals surface area contributed by atoms with Gasteiger partial charge in [0.1, 0.15) is 18.0 Å². The third-order valence-corrected chi connectivity index (χ3v) is 3.44. The van der Waals surface area contributed by atoms with Gasteiger partial charge in [-0.05, 0) is 12.1 Å². The molecule has 0 saturated carbocycles. The molecular formula is C9H12NO7P. The fourth-order valence-electron chi connectivity index (χ4n) is 1.11. The van der Waals surface area contributed by atoms with Gasteiger partial charge in [0.25, 0.3) is 5.69 Å². The van der Waals surface area contributed by atoms with Crippen molar-refractivity contribution in [2.75, 3.05) is 13.2 Å². The van der Waals surface area contributed by atoms with Crippen LogP contribution in [0.5, 0.6) is 5.75 Å². The summed E-state index contributed by atoms with van der Waals surface area (Å²) in [5, 5.41) is 19.2. The van der Waals surface area contributed by atoms with E-state index in [9.17, 15) is 14.7 Å². The van der Waals surface area contributed by atoms with Crippen LogP contribution in [0.3, 0.4) is 0 Å². The molecule has 1 rings (SSSR count). The van der Waals surface area contributed by atoms with E-state index in [1.165, 1.54) is 24.3 Å². The fraction of sp³-hybridized carbons (Fsp3) is 0.333. The van der Waals surface area contributed by atoms with Crippen LogP contribution in [0.2, 0.25) is 0 Å². The second-order valence-electron chi connectivity index (χ2n) is 3.49. The maximum absolute atomic E-state index is 10.9. The van der Waals surface area contributed by atoms with Gasteiger partial charge in [-0.3, -0.25) is 14.7 Å². The Balaban J connectivity index is 2.63. The Labute approximate surface area is 102 Å². The van der Waals surface area contributed by atoms with E-state index in [1.54, 1.807) is 0 Å². The van der Waals surface area contributed by atoms with Crippen LogP contribution in [0.1, 0.15) is 0 Å². The van der Waals surface area contributed by atoms with Crippen molar-refractivity contribution < 1.29 is 29.1 Å². The highest BCUT2D eigenvalue weighted by Gasteiger charge is 2.28. The van der Waals surface area contributed by atoms with Gasteiger partial charge < -0.3 is 19.6 Å². The van der Waals surface area contributed by atoms with E-state index in [-0.39, 0.29) is 18.0 Å². The quantitative estimate of drug-likeness (QED) is 0.392. The van der Waals surface area contributed by atoms with Gasteiger partial charge in [-0.25, -0.2) is 0 Å². The second kappa shape index (κ2) is 5.92. The molecule has 0 aliphatic rings. The normalized spacial score (nSPS) is 13.1. The lowest BCUT2D eigenvalue weighted by molar-refractivity contribution is -0.384. The molecule has 0 amide bonds. The van der Waals surface area contributed by atoms with Crippen molar-refractivity contribution in [3.05, 3.63) is 34.4 Å². The molecular weight excluding hydrogens is 265 g/mol. The maximum Gasteiger partial charge on any atom is 0.334 e. The van der Waals surface area contributed by atoms with Gasteiger partial charge in [0.05, 0.1) is 11.5 Å². The van der Waals surface area contributed by atoms with Crippen LogP contribution in [0.15, 0.2) is 24.3 Å². The van der Waals surface area contributed by atoms with Crippen LogP contribution in [0.25, 0.3) is 0 Å². The third kappa shape index (κ3) is 4.08. The fourth-order valence-corrected chi connectivity index (χ4v) is 1.59. The van der Waals surface area contributed by atoms with Crippen molar-refractivity contribution in [1.82, 2.24) is 0 Å². The summed E-state index contributed by atoms with van der Waals surface area (Å²) < 4.78 is 15.9. The summed E-state index contributed by atoms with van der Waals surface area (Å²) in [6, 6.07) is 5.04. The number of benzene rings is 1. The van der Waals surface area contributed by atoms with E-state index >= 15 is 0 Å². The van der Waals surface area contributed by atoms with Gasteiger partial charge in [-0.2, -0.15) is 0 Å². The van der Waals surface area contributed by atoms with Crippen LogP contribution >= 0.6 is 7.60 Å². The summed E-state index contributed by atoms with van der Waals surface area (Å²) in [5.74, 6) is 0.229. The Morgan fingerprint density at radius 2 is 1.89 bits per heavy atom. The maximum atomic E-state index is 10.9. The van der Waals surface area contributed by atoms with Crippen LogP contribution < -0.4 is 4.74 Å². The van der Waals surface area contributed by atoms with Crippen molar-refractivity contribution in [3.63, 3.8) is 0 Å². The summed E-state index contributed by atoms with van der Waals surface area (Å²) in [6.07, 6.45) is 0. The topological polar surface area (TPSA) is 130 Å². The first-order valence-corrected chi connectivity index (χ1v) is 6.56. The minimum atomic E-state index is -4.42. The van der Waals surface area contributed by atoms with Crippen LogP contribution in [0.4, 0.5) is 5.69 Å². The Morgan fingerprint density at radius 1 is 1.33 bits per heavy atom. The molecule has 100 valence electrons. The lowest BCUT2D eigenvalue weighted by Crippen LogP contribution is -2.22. The van der Waals surface area contributed by atoms with Gasteiger partial charge >= 0.3 is 7.60 Å². The van der Waals surface area contributed by atoms with Crippen molar-refractivity contribution in [1.29, 1.82) is 0 Å². The lowest BCUT2D eigenvalue weighted by atomic mass is 10.3. The van der Waals surface area contributed by atoms with E-state index in [0.717, 1.165) is 0 Å². The Bertz CT molecular complexity index is 454. The monoisotopic (exact) mass is 277 g/mol. The highest BCUT2D eigenvalue weighted by molar-refractivity contribution is 7.52. The largest absolute Gasteiger partial charge is 0.493 e. The van der Waals surface area contributed by atoms with Gasteiger partial charge in [0, 0.05) is 12.1 Å². The third-order valence-electron chi connectivity index (χ3n) is 2.18. The first-order chi connectivity index (χ1) is 8.34. The summed E-state index contributed by atoms with van der Waals surface area (Å²) >= 11 is 0. The number of nitrogens with zero attached hydrogens (tertiary/aromatic N) is 1. The molecule has 1 aromatic carbocycles. The van der Waals surface area contributed by atoms with E-state index in [0.29, 0.717) is 0 Å². The zero-order valence-corrected chi connectivity index (χ0v) is 10.1. The lowest BCUT2D eigenvalue weighted by Gasteiger charge is -2.16. The number of rotatable bonds is 6. The van der Waals surface area contributed by atoms with Gasteiger partial charge in [-0.1, -0.05) is 0 Å². The Hall–Kier alpha value is -1.47. The van der Waals surface area contributed by atoms with Crippen molar-refractivity contribution in [3.8, 4) is 5.75 Å². The molecule has 0 aliphatic carbocycles. The smallest absolute Gasteiger partial charge is 0.334 e. The average Bonchev–Trinajstić information content (AvgIpc) is 2.28. The molecule has 9 heteroatoms. The number of aliphatic hydroxyl groups excluding tert-OH is 1. The van der Waals surface area contributed by atoms with Gasteiger partial charge in [0.2, 0.25) is 0 Å². The molecule has 18 heavy (non-hydrogen) atoms. The number of ether oxygens (including phenoxy) is 1. The Morgan fingerprint density at radius 3 is 2.28 bits per heavy atom. The number of aliphatic hydroxyl groups is 1. The van der Waals surface area contributed by atoms with E-state index in [2.05, 4.69) is 0 Å². The van der Waals surface area contributed by atoms with Crippen LogP contribution in [0, 0.1) is 10.1 Å². The Kier molecular flexibility index (Phi) is 4.80. The van der Waals surface area contributed by atoms with E-state index in [1.807, 2.05) is 0 Å². The van der Waals surface area contributed by atoms with Crippen molar-refractivity contribution in [2.45, 2.75) is 5.66 Å². The second-order valence-corrected chi connectivity index (χ2v) is 5.40. The first-order valence-electron chi connectivity index (χ1n) is 4.88. The summed E-state index contributed by atoms with van der Waals surface area (Å²) in [6.45, 7) is -1.09. The number of nitro groups is 1. The standard InChI is InChI=1S/C9H12NO7P/c11-5-9(18(14,15)16)6-17-8-3-1-7(2-4-8)10(12)13/h1-4,9,11H,5-6H2,(H2,14,15,16). The van der Waals surface area contributed by atoms with E-state index in [4.69, 9.17) is 19.6 Å². The molecule has 0 aromatic heterocycles. The number of nitro benzene ring substituents is 1. The molecule has 3 N–H and O–H groups in total. The van der Waals surface area contributed by atoms with Gasteiger partial charge in [0.15, 0.2) is 0 Å². The molecule has 1 aromatic rings. The molecule has 0 bridgehead atoms.